The Bertz CT molecular complexity index is 951. The number of benzene rings is 2. The molecule has 2 aromatic carbocycles. The van der Waals surface area contributed by atoms with Crippen molar-refractivity contribution in [2.75, 3.05) is 30.7 Å². The molecule has 1 fully saturated rings. The van der Waals surface area contributed by atoms with Crippen LogP contribution in [-0.2, 0) is 4.79 Å². The van der Waals surface area contributed by atoms with E-state index < -0.39 is 0 Å². The topological polar surface area (TPSA) is 57.1 Å². The normalized spacial score (nSPS) is 18.2. The second kappa shape index (κ2) is 9.33. The standard InChI is InChI=1S/C23H25ClN4OS/c1-2-28-14-12-23(13-15-28)26-21(17-6-4-3-5-7-17)22(27-23)30-16-20(29)25-19-10-8-18(24)9-11-19/h3-11H,2,12-16H2,1H3,(H,25,29). The Balaban J connectivity index is 1.48. The van der Waals surface area contributed by atoms with E-state index in [4.69, 9.17) is 21.6 Å². The number of nitrogens with zero attached hydrogens (tertiary/aromatic N) is 3. The largest absolute Gasteiger partial charge is 0.325 e. The predicted molar refractivity (Wildman–Crippen MR) is 127 cm³/mol. The number of likely N-dealkylation sites (tertiary alicyclic amines) is 1. The number of aliphatic imine (C=N–C) groups is 2. The van der Waals surface area contributed by atoms with Crippen LogP contribution in [0.4, 0.5) is 5.69 Å². The maximum Gasteiger partial charge on any atom is 0.234 e. The van der Waals surface area contributed by atoms with Gasteiger partial charge in [0.05, 0.1) is 11.5 Å². The molecule has 0 saturated carbocycles. The maximum absolute atomic E-state index is 12.5. The van der Waals surface area contributed by atoms with E-state index in [2.05, 4.69) is 29.3 Å². The van der Waals surface area contributed by atoms with Gasteiger partial charge in [0.15, 0.2) is 5.66 Å². The Kier molecular flexibility index (Phi) is 6.56. The number of nitrogens with one attached hydrogen (secondary N) is 1. The SMILES string of the molecule is CCN1CCC2(CC1)N=C(SCC(=O)Nc1ccc(Cl)cc1)C(c1ccccc1)=N2. The first-order chi connectivity index (χ1) is 14.6. The molecule has 1 saturated heterocycles. The van der Waals surface area contributed by atoms with Crippen LogP contribution in [0.2, 0.25) is 5.02 Å². The number of halogens is 1. The summed E-state index contributed by atoms with van der Waals surface area (Å²) in [5.41, 5.74) is 2.31. The third kappa shape index (κ3) is 4.94. The van der Waals surface area contributed by atoms with Crippen LogP contribution in [0.3, 0.4) is 0 Å². The van der Waals surface area contributed by atoms with Crippen LogP contribution in [0.5, 0.6) is 0 Å². The summed E-state index contributed by atoms with van der Waals surface area (Å²) in [6, 6.07) is 17.3. The monoisotopic (exact) mass is 440 g/mol. The highest BCUT2D eigenvalue weighted by Crippen LogP contribution is 2.35. The molecule has 156 valence electrons. The number of piperidine rings is 1. The molecule has 2 aromatic rings. The fraction of sp³-hybridized carbons (Fsp3) is 0.348. The lowest BCUT2D eigenvalue weighted by molar-refractivity contribution is -0.113. The average Bonchev–Trinajstić information content (AvgIpc) is 3.13. The highest BCUT2D eigenvalue weighted by Gasteiger charge is 2.39. The molecule has 2 heterocycles. The van der Waals surface area contributed by atoms with Crippen molar-refractivity contribution < 1.29 is 4.79 Å². The Morgan fingerprint density at radius 2 is 1.80 bits per heavy atom. The number of thioether (sulfide) groups is 1. The summed E-state index contributed by atoms with van der Waals surface area (Å²) in [6.07, 6.45) is 1.83. The lowest BCUT2D eigenvalue weighted by Gasteiger charge is -2.34. The molecule has 4 rings (SSSR count). The van der Waals surface area contributed by atoms with Gasteiger partial charge in [-0.2, -0.15) is 0 Å². The van der Waals surface area contributed by atoms with E-state index in [1.807, 2.05) is 18.2 Å². The summed E-state index contributed by atoms with van der Waals surface area (Å²) in [4.78, 5) is 25.1. The summed E-state index contributed by atoms with van der Waals surface area (Å²) in [6.45, 7) is 5.25. The van der Waals surface area contributed by atoms with Crippen LogP contribution in [-0.4, -0.2) is 52.6 Å². The second-order valence-corrected chi connectivity index (χ2v) is 8.90. The third-order valence-corrected chi connectivity index (χ3v) is 6.67. The molecule has 5 nitrogen and oxygen atoms in total. The highest BCUT2D eigenvalue weighted by atomic mass is 35.5. The minimum absolute atomic E-state index is 0.0702. The smallest absolute Gasteiger partial charge is 0.234 e. The summed E-state index contributed by atoms with van der Waals surface area (Å²) >= 11 is 7.37. The van der Waals surface area contributed by atoms with Gasteiger partial charge in [-0.3, -0.25) is 9.79 Å². The predicted octanol–water partition coefficient (Wildman–Crippen LogP) is 4.73. The number of amides is 1. The van der Waals surface area contributed by atoms with Gasteiger partial charge < -0.3 is 10.2 Å². The van der Waals surface area contributed by atoms with Crippen molar-refractivity contribution in [3.05, 3.63) is 65.2 Å². The van der Waals surface area contributed by atoms with Gasteiger partial charge >= 0.3 is 0 Å². The molecule has 0 aromatic heterocycles. The summed E-state index contributed by atoms with van der Waals surface area (Å²) in [5.74, 6) is 0.212. The molecule has 0 aliphatic carbocycles. The first-order valence-electron chi connectivity index (χ1n) is 10.2. The van der Waals surface area contributed by atoms with Crippen LogP contribution in [0.15, 0.2) is 64.6 Å². The van der Waals surface area contributed by atoms with Gasteiger partial charge in [0, 0.05) is 42.2 Å². The molecular formula is C23H25ClN4OS. The van der Waals surface area contributed by atoms with E-state index in [0.717, 1.165) is 54.5 Å². The molecule has 30 heavy (non-hydrogen) atoms. The van der Waals surface area contributed by atoms with Crippen molar-refractivity contribution in [3.8, 4) is 0 Å². The molecule has 7 heteroatoms. The van der Waals surface area contributed by atoms with Crippen LogP contribution >= 0.6 is 23.4 Å². The van der Waals surface area contributed by atoms with E-state index in [9.17, 15) is 4.79 Å². The van der Waals surface area contributed by atoms with E-state index in [1.165, 1.54) is 11.8 Å². The maximum atomic E-state index is 12.5. The molecule has 0 bridgehead atoms. The van der Waals surface area contributed by atoms with Crippen molar-refractivity contribution in [1.29, 1.82) is 0 Å². The number of hydrogen-bond donors (Lipinski definition) is 1. The molecule has 1 spiro atoms. The van der Waals surface area contributed by atoms with Gasteiger partial charge in [0.2, 0.25) is 5.91 Å². The van der Waals surface area contributed by atoms with Crippen molar-refractivity contribution in [2.45, 2.75) is 25.4 Å². The quantitative estimate of drug-likeness (QED) is 0.731. The average molecular weight is 441 g/mol. The Labute approximate surface area is 186 Å². The van der Waals surface area contributed by atoms with E-state index in [1.54, 1.807) is 24.3 Å². The van der Waals surface area contributed by atoms with Crippen LogP contribution in [0.25, 0.3) is 0 Å². The fourth-order valence-electron chi connectivity index (χ4n) is 3.72. The number of carbonyl (C=O) groups excluding carboxylic acids is 1. The molecule has 1 amide bonds. The number of hydrogen-bond acceptors (Lipinski definition) is 5. The van der Waals surface area contributed by atoms with Gasteiger partial charge in [-0.15, -0.1) is 0 Å². The zero-order valence-electron chi connectivity index (χ0n) is 17.0. The van der Waals surface area contributed by atoms with Gasteiger partial charge in [-0.1, -0.05) is 60.6 Å². The van der Waals surface area contributed by atoms with E-state index in [0.29, 0.717) is 5.02 Å². The van der Waals surface area contributed by atoms with Crippen molar-refractivity contribution in [3.63, 3.8) is 0 Å². The molecule has 0 atom stereocenters. The third-order valence-electron chi connectivity index (χ3n) is 5.45. The van der Waals surface area contributed by atoms with Gasteiger partial charge in [-0.25, -0.2) is 4.99 Å². The van der Waals surface area contributed by atoms with Crippen molar-refractivity contribution in [2.24, 2.45) is 9.98 Å². The lowest BCUT2D eigenvalue weighted by atomic mass is 9.98. The molecule has 0 radical (unpaired) electrons. The van der Waals surface area contributed by atoms with Crippen molar-refractivity contribution >= 4 is 45.7 Å². The van der Waals surface area contributed by atoms with E-state index in [-0.39, 0.29) is 17.3 Å². The minimum atomic E-state index is -0.383. The lowest BCUT2D eigenvalue weighted by Crippen LogP contribution is -2.41. The second-order valence-electron chi connectivity index (χ2n) is 7.50. The molecule has 2 aliphatic rings. The van der Waals surface area contributed by atoms with Gasteiger partial charge in [-0.05, 0) is 30.8 Å². The Morgan fingerprint density at radius 1 is 1.10 bits per heavy atom. The highest BCUT2D eigenvalue weighted by molar-refractivity contribution is 8.16. The summed E-state index contributed by atoms with van der Waals surface area (Å²) in [7, 11) is 0. The molecular weight excluding hydrogens is 416 g/mol. The van der Waals surface area contributed by atoms with Crippen LogP contribution < -0.4 is 5.32 Å². The molecule has 0 unspecified atom stereocenters. The van der Waals surface area contributed by atoms with Crippen molar-refractivity contribution in [1.82, 2.24) is 4.90 Å². The number of anilines is 1. The summed E-state index contributed by atoms with van der Waals surface area (Å²) in [5, 5.41) is 4.42. The van der Waals surface area contributed by atoms with Crippen LogP contribution in [0.1, 0.15) is 25.3 Å². The fourth-order valence-corrected chi connectivity index (χ4v) is 4.72. The Morgan fingerprint density at radius 3 is 2.47 bits per heavy atom. The first kappa shape index (κ1) is 21.1. The van der Waals surface area contributed by atoms with Crippen LogP contribution in [0, 0.1) is 0 Å². The van der Waals surface area contributed by atoms with E-state index >= 15 is 0 Å². The zero-order valence-corrected chi connectivity index (χ0v) is 18.5. The molecule has 1 N–H and O–H groups in total. The van der Waals surface area contributed by atoms with Gasteiger partial charge in [0.25, 0.3) is 0 Å². The first-order valence-corrected chi connectivity index (χ1v) is 11.6. The number of rotatable bonds is 5. The zero-order chi connectivity index (χ0) is 21.0. The summed E-state index contributed by atoms with van der Waals surface area (Å²) < 4.78 is 0. The number of carbonyl (C=O) groups is 1. The Hall–Kier alpha value is -2.15. The minimum Gasteiger partial charge on any atom is -0.325 e. The van der Waals surface area contributed by atoms with Gasteiger partial charge in [0.1, 0.15) is 5.04 Å². The molecule has 2 aliphatic heterocycles.